The summed E-state index contributed by atoms with van der Waals surface area (Å²) >= 11 is 0. The maximum absolute atomic E-state index is 11.7. The van der Waals surface area contributed by atoms with E-state index < -0.39 is 23.3 Å². The summed E-state index contributed by atoms with van der Waals surface area (Å²) in [5.41, 5.74) is -1.01. The Labute approximate surface area is 93.7 Å². The molecule has 1 aliphatic carbocycles. The third kappa shape index (κ3) is 1.50. The van der Waals surface area contributed by atoms with Crippen molar-refractivity contribution in [2.45, 2.75) is 38.4 Å². The molecule has 2 aliphatic rings. The third-order valence-corrected chi connectivity index (χ3v) is 3.93. The Morgan fingerprint density at radius 3 is 2.69 bits per heavy atom. The van der Waals surface area contributed by atoms with Crippen molar-refractivity contribution in [1.29, 1.82) is 0 Å². The number of carboxylic acids is 1. The van der Waals surface area contributed by atoms with Gasteiger partial charge in [0.05, 0.1) is 30.7 Å². The van der Waals surface area contributed by atoms with E-state index in [0.717, 1.165) is 0 Å². The van der Waals surface area contributed by atoms with Gasteiger partial charge in [-0.2, -0.15) is 0 Å². The number of rotatable bonds is 3. The highest BCUT2D eigenvalue weighted by atomic mass is 16.6. The van der Waals surface area contributed by atoms with Gasteiger partial charge in [-0.1, -0.05) is 6.92 Å². The fraction of sp³-hybridized carbons (Fsp3) is 0.818. The molecule has 0 radical (unpaired) electrons. The predicted molar refractivity (Wildman–Crippen MR) is 53.8 cm³/mol. The van der Waals surface area contributed by atoms with Crippen molar-refractivity contribution in [2.75, 3.05) is 7.11 Å². The second-order valence-corrected chi connectivity index (χ2v) is 4.54. The lowest BCUT2D eigenvalue weighted by molar-refractivity contribution is -0.167. The quantitative estimate of drug-likeness (QED) is 0.571. The van der Waals surface area contributed by atoms with Crippen LogP contribution in [0.3, 0.4) is 0 Å². The van der Waals surface area contributed by atoms with E-state index in [2.05, 4.69) is 0 Å². The van der Waals surface area contributed by atoms with Crippen LogP contribution in [0.4, 0.5) is 0 Å². The molecule has 1 aliphatic heterocycles. The van der Waals surface area contributed by atoms with Gasteiger partial charge >= 0.3 is 11.9 Å². The zero-order chi connectivity index (χ0) is 11.9. The third-order valence-electron chi connectivity index (χ3n) is 3.93. The minimum absolute atomic E-state index is 0.0250. The Hall–Kier alpha value is -1.10. The first-order valence-electron chi connectivity index (χ1n) is 5.52. The number of hydrogen-bond donors (Lipinski definition) is 1. The smallest absolute Gasteiger partial charge is 0.310 e. The molecule has 0 aromatic heterocycles. The molecule has 1 heterocycles. The van der Waals surface area contributed by atoms with Crippen LogP contribution in [0.25, 0.3) is 0 Å². The van der Waals surface area contributed by atoms with Crippen molar-refractivity contribution in [1.82, 2.24) is 0 Å². The number of hydrogen-bond acceptors (Lipinski definition) is 4. The van der Waals surface area contributed by atoms with Crippen molar-refractivity contribution < 1.29 is 24.2 Å². The van der Waals surface area contributed by atoms with Gasteiger partial charge in [0.2, 0.25) is 0 Å². The monoisotopic (exact) mass is 228 g/mol. The molecule has 16 heavy (non-hydrogen) atoms. The van der Waals surface area contributed by atoms with Crippen LogP contribution in [0.1, 0.15) is 26.2 Å². The molecule has 1 saturated heterocycles. The van der Waals surface area contributed by atoms with Gasteiger partial charge in [0.15, 0.2) is 0 Å². The van der Waals surface area contributed by atoms with E-state index in [9.17, 15) is 14.7 Å². The SMILES string of the molecule is CCC1(C(=O)O)CC2OC2CC1C(=O)OC. The van der Waals surface area contributed by atoms with Crippen LogP contribution in [-0.4, -0.2) is 36.4 Å². The topological polar surface area (TPSA) is 76.1 Å². The molecule has 5 nitrogen and oxygen atoms in total. The van der Waals surface area contributed by atoms with Crippen molar-refractivity contribution in [2.24, 2.45) is 11.3 Å². The van der Waals surface area contributed by atoms with Gasteiger partial charge in [0.25, 0.3) is 0 Å². The van der Waals surface area contributed by atoms with Gasteiger partial charge in [-0.15, -0.1) is 0 Å². The summed E-state index contributed by atoms with van der Waals surface area (Å²) in [5.74, 6) is -1.93. The van der Waals surface area contributed by atoms with Gasteiger partial charge in [-0.3, -0.25) is 9.59 Å². The molecule has 5 heteroatoms. The van der Waals surface area contributed by atoms with Gasteiger partial charge in [0.1, 0.15) is 0 Å². The Morgan fingerprint density at radius 1 is 1.50 bits per heavy atom. The van der Waals surface area contributed by atoms with Crippen LogP contribution in [0.15, 0.2) is 0 Å². The number of methoxy groups -OCH3 is 1. The summed E-state index contributed by atoms with van der Waals surface area (Å²) in [6.45, 7) is 1.80. The molecule has 1 N–H and O–H groups in total. The lowest BCUT2D eigenvalue weighted by atomic mass is 9.64. The largest absolute Gasteiger partial charge is 0.481 e. The zero-order valence-electron chi connectivity index (χ0n) is 9.43. The second kappa shape index (κ2) is 3.73. The Balaban J connectivity index is 2.29. The maximum Gasteiger partial charge on any atom is 0.310 e. The van der Waals surface area contributed by atoms with Crippen molar-refractivity contribution in [3.8, 4) is 0 Å². The molecule has 0 aromatic rings. The number of aliphatic carboxylic acids is 1. The minimum atomic E-state index is -1.01. The number of carbonyl (C=O) groups excluding carboxylic acids is 1. The van der Waals surface area contributed by atoms with Crippen molar-refractivity contribution in [3.63, 3.8) is 0 Å². The highest BCUT2D eigenvalue weighted by molar-refractivity contribution is 5.85. The maximum atomic E-state index is 11.7. The molecule has 1 saturated carbocycles. The number of epoxide rings is 1. The number of fused-ring (bicyclic) bond motifs is 1. The molecule has 0 amide bonds. The highest BCUT2D eigenvalue weighted by Gasteiger charge is 2.61. The molecule has 0 spiro atoms. The van der Waals surface area contributed by atoms with Gasteiger partial charge in [-0.25, -0.2) is 0 Å². The molecular formula is C11H16O5. The van der Waals surface area contributed by atoms with E-state index in [4.69, 9.17) is 9.47 Å². The van der Waals surface area contributed by atoms with Crippen LogP contribution in [0.5, 0.6) is 0 Å². The second-order valence-electron chi connectivity index (χ2n) is 4.54. The summed E-state index contributed by atoms with van der Waals surface area (Å²) in [5, 5.41) is 9.38. The van der Waals surface area contributed by atoms with Crippen molar-refractivity contribution in [3.05, 3.63) is 0 Å². The molecule has 2 fully saturated rings. The first-order valence-corrected chi connectivity index (χ1v) is 5.52. The molecule has 0 bridgehead atoms. The molecule has 4 unspecified atom stereocenters. The fourth-order valence-electron chi connectivity index (χ4n) is 2.77. The van der Waals surface area contributed by atoms with Crippen molar-refractivity contribution >= 4 is 11.9 Å². The normalized spacial score (nSPS) is 41.0. The molecular weight excluding hydrogens is 212 g/mol. The number of ether oxygens (including phenoxy) is 2. The first-order chi connectivity index (χ1) is 7.55. The number of carbonyl (C=O) groups is 2. The molecule has 90 valence electrons. The van der Waals surface area contributed by atoms with Gasteiger partial charge < -0.3 is 14.6 Å². The summed E-state index contributed by atoms with van der Waals surface area (Å²) in [7, 11) is 1.30. The van der Waals surface area contributed by atoms with E-state index >= 15 is 0 Å². The lowest BCUT2D eigenvalue weighted by Crippen LogP contribution is -2.47. The predicted octanol–water partition coefficient (Wildman–Crippen LogP) is 0.818. The fourth-order valence-corrected chi connectivity index (χ4v) is 2.77. The summed E-state index contributed by atoms with van der Waals surface area (Å²) in [6.07, 6.45) is 1.40. The Bertz CT molecular complexity index is 326. The van der Waals surface area contributed by atoms with Crippen LogP contribution >= 0.6 is 0 Å². The summed E-state index contributed by atoms with van der Waals surface area (Å²) in [6, 6.07) is 0. The van der Waals surface area contributed by atoms with E-state index in [1.54, 1.807) is 6.92 Å². The molecule has 2 rings (SSSR count). The summed E-state index contributed by atoms with van der Waals surface area (Å²) < 4.78 is 10.0. The van der Waals surface area contributed by atoms with E-state index in [1.165, 1.54) is 7.11 Å². The number of esters is 1. The van der Waals surface area contributed by atoms with E-state index in [0.29, 0.717) is 19.3 Å². The van der Waals surface area contributed by atoms with E-state index in [1.807, 2.05) is 0 Å². The Morgan fingerprint density at radius 2 is 2.19 bits per heavy atom. The van der Waals surface area contributed by atoms with Crippen LogP contribution in [0.2, 0.25) is 0 Å². The summed E-state index contributed by atoms with van der Waals surface area (Å²) in [4.78, 5) is 23.1. The molecule has 4 atom stereocenters. The van der Waals surface area contributed by atoms with Crippen LogP contribution in [-0.2, 0) is 19.1 Å². The standard InChI is InChI=1S/C11H16O5/c1-3-11(10(13)14)5-8-7(16-8)4-6(11)9(12)15-2/h6-8H,3-5H2,1-2H3,(H,13,14). The lowest BCUT2D eigenvalue weighted by Gasteiger charge is -2.36. The van der Waals surface area contributed by atoms with E-state index in [-0.39, 0.29) is 12.2 Å². The Kier molecular flexibility index (Phi) is 2.66. The zero-order valence-corrected chi connectivity index (χ0v) is 9.43. The van der Waals surface area contributed by atoms with Crippen LogP contribution in [0, 0.1) is 11.3 Å². The van der Waals surface area contributed by atoms with Crippen LogP contribution < -0.4 is 0 Å². The number of carboxylic acid groups (broad SMARTS) is 1. The average Bonchev–Trinajstić information content (AvgIpc) is 3.03. The minimum Gasteiger partial charge on any atom is -0.481 e. The molecule has 0 aromatic carbocycles. The average molecular weight is 228 g/mol. The van der Waals surface area contributed by atoms with Gasteiger partial charge in [-0.05, 0) is 19.3 Å². The van der Waals surface area contributed by atoms with Gasteiger partial charge in [0, 0.05) is 0 Å². The first kappa shape index (κ1) is 11.4. The highest BCUT2D eigenvalue weighted by Crippen LogP contribution is 2.52.